The molecule has 0 saturated heterocycles. The van der Waals surface area contributed by atoms with E-state index in [0.717, 1.165) is 36.3 Å². The first-order chi connectivity index (χ1) is 8.67. The molecule has 2 rings (SSSR count). The van der Waals surface area contributed by atoms with Gasteiger partial charge in [0.15, 0.2) is 0 Å². The smallest absolute Gasteiger partial charge is 0.132 e. The predicted octanol–water partition coefficient (Wildman–Crippen LogP) is 3.21. The molecule has 1 fully saturated rings. The Morgan fingerprint density at radius 2 is 2.06 bits per heavy atom. The van der Waals surface area contributed by atoms with Crippen molar-refractivity contribution in [2.45, 2.75) is 52.5 Å². The van der Waals surface area contributed by atoms with Crippen LogP contribution in [0, 0.1) is 12.8 Å². The van der Waals surface area contributed by atoms with E-state index < -0.39 is 0 Å². The summed E-state index contributed by atoms with van der Waals surface area (Å²) in [5.41, 5.74) is 0. The van der Waals surface area contributed by atoms with E-state index in [1.807, 2.05) is 13.0 Å². The zero-order chi connectivity index (χ0) is 13.0. The fraction of sp³-hybridized carbons (Fsp3) is 0.714. The highest BCUT2D eigenvalue weighted by Crippen LogP contribution is 2.34. The van der Waals surface area contributed by atoms with Crippen LogP contribution in [0.5, 0.6) is 0 Å². The quantitative estimate of drug-likeness (QED) is 0.778. The van der Waals surface area contributed by atoms with Crippen LogP contribution in [0.4, 0.5) is 11.6 Å². The van der Waals surface area contributed by atoms with E-state index >= 15 is 0 Å². The number of aromatic nitrogens is 2. The average molecular weight is 248 g/mol. The second kappa shape index (κ2) is 6.03. The van der Waals surface area contributed by atoms with Gasteiger partial charge >= 0.3 is 0 Å². The van der Waals surface area contributed by atoms with Gasteiger partial charge in [0.25, 0.3) is 0 Å². The number of rotatable bonds is 7. The van der Waals surface area contributed by atoms with Crippen molar-refractivity contribution in [3.8, 4) is 0 Å². The van der Waals surface area contributed by atoms with Crippen LogP contribution < -0.4 is 10.6 Å². The molecule has 1 heterocycles. The fourth-order valence-electron chi connectivity index (χ4n) is 2.15. The van der Waals surface area contributed by atoms with Crippen LogP contribution in [0.1, 0.15) is 45.4 Å². The van der Waals surface area contributed by atoms with Gasteiger partial charge in [-0.3, -0.25) is 0 Å². The van der Waals surface area contributed by atoms with Gasteiger partial charge in [0.2, 0.25) is 0 Å². The molecule has 1 saturated carbocycles. The van der Waals surface area contributed by atoms with Gasteiger partial charge in [-0.05, 0) is 32.6 Å². The summed E-state index contributed by atoms with van der Waals surface area (Å²) in [4.78, 5) is 8.84. The highest BCUT2D eigenvalue weighted by atomic mass is 15.1. The van der Waals surface area contributed by atoms with Crippen molar-refractivity contribution < 1.29 is 0 Å². The Balaban J connectivity index is 1.94. The lowest BCUT2D eigenvalue weighted by Gasteiger charge is -2.15. The molecule has 4 nitrogen and oxygen atoms in total. The molecule has 18 heavy (non-hydrogen) atoms. The van der Waals surface area contributed by atoms with Crippen molar-refractivity contribution in [1.82, 2.24) is 9.97 Å². The Morgan fingerprint density at radius 3 is 2.72 bits per heavy atom. The molecule has 2 N–H and O–H groups in total. The zero-order valence-corrected chi connectivity index (χ0v) is 11.7. The molecule has 0 aromatic carbocycles. The standard InChI is InChI=1S/C14H24N4/c1-4-7-15-13-9-14(18-11(3)17-13)16-10(2)8-12-5-6-12/h9-10,12H,4-8H2,1-3H3,(H2,15,16,17,18). The Bertz CT molecular complexity index is 387. The first-order valence-corrected chi connectivity index (χ1v) is 7.03. The Labute approximate surface area is 110 Å². The monoisotopic (exact) mass is 248 g/mol. The summed E-state index contributed by atoms with van der Waals surface area (Å²) in [6, 6.07) is 2.50. The number of anilines is 2. The lowest BCUT2D eigenvalue weighted by molar-refractivity contribution is 0.639. The van der Waals surface area contributed by atoms with Crippen molar-refractivity contribution in [3.63, 3.8) is 0 Å². The van der Waals surface area contributed by atoms with Crippen LogP contribution in [-0.4, -0.2) is 22.6 Å². The summed E-state index contributed by atoms with van der Waals surface area (Å²) in [6.45, 7) is 7.27. The molecule has 1 atom stereocenters. The van der Waals surface area contributed by atoms with E-state index in [2.05, 4.69) is 34.4 Å². The topological polar surface area (TPSA) is 49.8 Å². The van der Waals surface area contributed by atoms with Crippen molar-refractivity contribution in [2.24, 2.45) is 5.92 Å². The zero-order valence-electron chi connectivity index (χ0n) is 11.7. The van der Waals surface area contributed by atoms with E-state index in [4.69, 9.17) is 0 Å². The van der Waals surface area contributed by atoms with Gasteiger partial charge in [0.1, 0.15) is 17.5 Å². The Morgan fingerprint density at radius 1 is 1.33 bits per heavy atom. The molecule has 4 heteroatoms. The molecule has 1 aliphatic rings. The van der Waals surface area contributed by atoms with Crippen LogP contribution in [0.25, 0.3) is 0 Å². The third kappa shape index (κ3) is 4.17. The van der Waals surface area contributed by atoms with Crippen LogP contribution >= 0.6 is 0 Å². The number of aryl methyl sites for hydroxylation is 1. The first kappa shape index (κ1) is 13.1. The van der Waals surface area contributed by atoms with E-state index in [1.165, 1.54) is 19.3 Å². The molecule has 0 radical (unpaired) electrons. The highest BCUT2D eigenvalue weighted by Gasteiger charge is 2.23. The van der Waals surface area contributed by atoms with Crippen molar-refractivity contribution in [1.29, 1.82) is 0 Å². The van der Waals surface area contributed by atoms with Crippen molar-refractivity contribution in [3.05, 3.63) is 11.9 Å². The minimum Gasteiger partial charge on any atom is -0.370 e. The van der Waals surface area contributed by atoms with Gasteiger partial charge in [-0.25, -0.2) is 9.97 Å². The summed E-state index contributed by atoms with van der Waals surface area (Å²) in [5, 5.41) is 6.79. The Kier molecular flexibility index (Phi) is 4.39. The number of nitrogens with one attached hydrogen (secondary N) is 2. The summed E-state index contributed by atoms with van der Waals surface area (Å²) >= 11 is 0. The molecule has 100 valence electrons. The lowest BCUT2D eigenvalue weighted by atomic mass is 10.1. The molecular weight excluding hydrogens is 224 g/mol. The molecule has 1 aliphatic carbocycles. The van der Waals surface area contributed by atoms with Gasteiger partial charge in [0, 0.05) is 18.7 Å². The minimum absolute atomic E-state index is 0.492. The van der Waals surface area contributed by atoms with Gasteiger partial charge in [0.05, 0.1) is 0 Å². The van der Waals surface area contributed by atoms with Crippen molar-refractivity contribution >= 4 is 11.6 Å². The fourth-order valence-corrected chi connectivity index (χ4v) is 2.15. The van der Waals surface area contributed by atoms with Crippen molar-refractivity contribution in [2.75, 3.05) is 17.2 Å². The van der Waals surface area contributed by atoms with E-state index in [1.54, 1.807) is 0 Å². The second-order valence-electron chi connectivity index (χ2n) is 5.34. The molecule has 0 bridgehead atoms. The maximum absolute atomic E-state index is 4.45. The van der Waals surface area contributed by atoms with Crippen LogP contribution in [-0.2, 0) is 0 Å². The minimum atomic E-state index is 0.492. The lowest BCUT2D eigenvalue weighted by Crippen LogP contribution is -2.17. The molecule has 1 unspecified atom stereocenters. The molecule has 1 aromatic rings. The summed E-state index contributed by atoms with van der Waals surface area (Å²) in [7, 11) is 0. The van der Waals surface area contributed by atoms with Gasteiger partial charge in [-0.15, -0.1) is 0 Å². The molecule has 1 aromatic heterocycles. The molecule has 0 aliphatic heterocycles. The van der Waals surface area contributed by atoms with Crippen LogP contribution in [0.3, 0.4) is 0 Å². The third-order valence-electron chi connectivity index (χ3n) is 3.17. The molecular formula is C14H24N4. The molecule has 0 spiro atoms. The normalized spacial score (nSPS) is 16.4. The maximum Gasteiger partial charge on any atom is 0.132 e. The third-order valence-corrected chi connectivity index (χ3v) is 3.17. The largest absolute Gasteiger partial charge is 0.370 e. The van der Waals surface area contributed by atoms with Gasteiger partial charge in [-0.2, -0.15) is 0 Å². The van der Waals surface area contributed by atoms with Gasteiger partial charge in [-0.1, -0.05) is 19.8 Å². The van der Waals surface area contributed by atoms with E-state index in [-0.39, 0.29) is 0 Å². The summed E-state index contributed by atoms with van der Waals surface area (Å²) in [6.07, 6.45) is 5.15. The number of hydrogen-bond acceptors (Lipinski definition) is 4. The number of nitrogens with zero attached hydrogens (tertiary/aromatic N) is 2. The van der Waals surface area contributed by atoms with E-state index in [0.29, 0.717) is 6.04 Å². The predicted molar refractivity (Wildman–Crippen MR) is 76.0 cm³/mol. The van der Waals surface area contributed by atoms with E-state index in [9.17, 15) is 0 Å². The average Bonchev–Trinajstić information content (AvgIpc) is 3.09. The number of hydrogen-bond donors (Lipinski definition) is 2. The van der Waals surface area contributed by atoms with Gasteiger partial charge < -0.3 is 10.6 Å². The second-order valence-corrected chi connectivity index (χ2v) is 5.34. The van der Waals surface area contributed by atoms with Crippen LogP contribution in [0.15, 0.2) is 6.07 Å². The van der Waals surface area contributed by atoms with Crippen LogP contribution in [0.2, 0.25) is 0 Å². The first-order valence-electron chi connectivity index (χ1n) is 7.03. The highest BCUT2D eigenvalue weighted by molar-refractivity contribution is 5.47. The summed E-state index contributed by atoms with van der Waals surface area (Å²) in [5.74, 6) is 3.62. The summed E-state index contributed by atoms with van der Waals surface area (Å²) < 4.78 is 0. The SMILES string of the molecule is CCCNc1cc(NC(C)CC2CC2)nc(C)n1. The Hall–Kier alpha value is -1.32. The maximum atomic E-state index is 4.45. The molecule has 0 amide bonds.